The Morgan fingerprint density at radius 2 is 1.74 bits per heavy atom. The lowest BCUT2D eigenvalue weighted by molar-refractivity contribution is -0.136. The van der Waals surface area contributed by atoms with Gasteiger partial charge < -0.3 is 35.2 Å². The monoisotopic (exact) mass is 908 g/mol. The van der Waals surface area contributed by atoms with Crippen LogP contribution in [0.15, 0.2) is 54.9 Å². The van der Waals surface area contributed by atoms with Crippen molar-refractivity contribution in [1.82, 2.24) is 40.7 Å². The van der Waals surface area contributed by atoms with Gasteiger partial charge in [-0.2, -0.15) is 0 Å². The molecule has 0 aliphatic carbocycles. The average molecular weight is 909 g/mol. The zero-order valence-corrected chi connectivity index (χ0v) is 36.5. The highest BCUT2D eigenvalue weighted by atomic mass is 19.1. The molecule has 20 heteroatoms. The molecular weight excluding hydrogens is 859 g/mol. The minimum atomic E-state index is -1.11. The molecule has 2 aromatic heterocycles. The van der Waals surface area contributed by atoms with Gasteiger partial charge in [0.05, 0.1) is 36.1 Å². The van der Waals surface area contributed by atoms with E-state index in [4.69, 9.17) is 9.47 Å². The molecule has 0 radical (unpaired) electrons. The highest BCUT2D eigenvalue weighted by Gasteiger charge is 2.46. The number of likely N-dealkylation sites (tertiary alicyclic amines) is 1. The molecule has 346 valence electrons. The molecule has 0 saturated carbocycles. The molecule has 2 saturated heterocycles. The first-order valence-corrected chi connectivity index (χ1v) is 22.1. The van der Waals surface area contributed by atoms with Crippen LogP contribution in [0.4, 0.5) is 26.2 Å². The molecule has 2 fully saturated rings. The van der Waals surface area contributed by atoms with Crippen molar-refractivity contribution >= 4 is 52.9 Å². The Bertz CT molecular complexity index is 2540. The van der Waals surface area contributed by atoms with E-state index in [9.17, 15) is 28.8 Å². The summed E-state index contributed by atoms with van der Waals surface area (Å²) in [4.78, 5) is 93.4. The summed E-state index contributed by atoms with van der Waals surface area (Å²) in [6.45, 7) is 6.85. The van der Waals surface area contributed by atoms with Gasteiger partial charge in [0, 0.05) is 43.9 Å². The minimum Gasteiger partial charge on any atom is -0.486 e. The lowest BCUT2D eigenvalue weighted by Gasteiger charge is -2.34. The van der Waals surface area contributed by atoms with E-state index in [0.717, 1.165) is 29.5 Å². The van der Waals surface area contributed by atoms with Gasteiger partial charge in [-0.15, -0.1) is 0 Å². The predicted octanol–water partition coefficient (Wildman–Crippen LogP) is 3.84. The molecule has 1 unspecified atom stereocenters. The van der Waals surface area contributed by atoms with Crippen molar-refractivity contribution in [3.8, 4) is 22.8 Å². The van der Waals surface area contributed by atoms with Gasteiger partial charge in [-0.1, -0.05) is 12.1 Å². The molecule has 6 amide bonds. The molecule has 0 bridgehead atoms. The zero-order valence-electron chi connectivity index (χ0n) is 36.5. The number of aromatic nitrogens is 3. The molecule has 4 aromatic rings. The number of hydrogen-bond acceptors (Lipinski definition) is 14. The molecule has 4 N–H and O–H groups in total. The van der Waals surface area contributed by atoms with E-state index < -0.39 is 53.8 Å². The number of imide groups is 2. The summed E-state index contributed by atoms with van der Waals surface area (Å²) in [5, 5.41) is 11.1. The van der Waals surface area contributed by atoms with E-state index in [1.54, 1.807) is 18.3 Å². The second kappa shape index (κ2) is 20.0. The molecule has 4 aliphatic rings. The Balaban J connectivity index is 0.723. The smallest absolute Gasteiger partial charge is 0.266 e. The quantitative estimate of drug-likeness (QED) is 0.0929. The number of rotatable bonds is 16. The molecule has 6 heterocycles. The molecule has 66 heavy (non-hydrogen) atoms. The number of fused-ring (bicyclic) bond motifs is 2. The van der Waals surface area contributed by atoms with Crippen LogP contribution in [0.3, 0.4) is 0 Å². The molecular formula is C46H50F2N10O8. The van der Waals surface area contributed by atoms with E-state index in [1.165, 1.54) is 24.3 Å². The number of carbonyl (C=O) groups excluding carboxylic acids is 6. The Morgan fingerprint density at radius 1 is 0.939 bits per heavy atom. The van der Waals surface area contributed by atoms with Crippen LogP contribution in [0.1, 0.15) is 84.6 Å². The Kier molecular flexibility index (Phi) is 13.8. The lowest BCUT2D eigenvalue weighted by Crippen LogP contribution is -2.54. The van der Waals surface area contributed by atoms with Crippen molar-refractivity contribution in [3.63, 3.8) is 0 Å². The Morgan fingerprint density at radius 3 is 2.50 bits per heavy atom. The molecule has 0 spiro atoms. The van der Waals surface area contributed by atoms with E-state index >= 15 is 8.78 Å². The molecule has 18 nitrogen and oxygen atoms in total. The Hall–Kier alpha value is -7.09. The third kappa shape index (κ3) is 9.92. The molecule has 8 rings (SSSR count). The first kappa shape index (κ1) is 45.5. The SMILES string of the molecule is CC(C)N1CCOc2c(F)cc(-c3nc(Nc4ccc(C5CCN(C(=O)CNCCCCNC(=O)COc6cccc7c6C(=O)N(C6CCC(=O)NC6=O)C7=O)CC5)cn4)ncc3F)cc21. The number of anilines is 3. The van der Waals surface area contributed by atoms with Crippen LogP contribution in [0, 0.1) is 11.6 Å². The number of nitrogens with one attached hydrogen (secondary N) is 4. The number of piperidine rings is 2. The first-order chi connectivity index (χ1) is 31.9. The fourth-order valence-electron chi connectivity index (χ4n) is 8.61. The van der Waals surface area contributed by atoms with E-state index in [0.29, 0.717) is 63.7 Å². The number of carbonyl (C=O) groups is 6. The van der Waals surface area contributed by atoms with Gasteiger partial charge in [-0.3, -0.25) is 39.0 Å². The van der Waals surface area contributed by atoms with Crippen LogP contribution >= 0.6 is 0 Å². The maximum absolute atomic E-state index is 15.1. The summed E-state index contributed by atoms with van der Waals surface area (Å²) in [7, 11) is 0. The van der Waals surface area contributed by atoms with Gasteiger partial charge >= 0.3 is 0 Å². The third-order valence-electron chi connectivity index (χ3n) is 12.1. The summed E-state index contributed by atoms with van der Waals surface area (Å²) < 4.78 is 41.4. The van der Waals surface area contributed by atoms with E-state index in [2.05, 4.69) is 36.2 Å². The number of amides is 6. The number of nitrogens with zero attached hydrogens (tertiary/aromatic N) is 6. The van der Waals surface area contributed by atoms with Crippen LogP contribution in [-0.4, -0.2) is 125 Å². The van der Waals surface area contributed by atoms with Gasteiger partial charge in [0.25, 0.3) is 17.7 Å². The van der Waals surface area contributed by atoms with Crippen LogP contribution in [0.5, 0.6) is 11.5 Å². The normalized spacial score (nSPS) is 17.3. The third-order valence-corrected chi connectivity index (χ3v) is 12.1. The van der Waals surface area contributed by atoms with Crippen molar-refractivity contribution < 1.29 is 47.0 Å². The summed E-state index contributed by atoms with van der Waals surface area (Å²) in [6, 6.07) is 10.1. The molecule has 4 aliphatic heterocycles. The number of pyridine rings is 1. The average Bonchev–Trinajstić information content (AvgIpc) is 3.57. The van der Waals surface area contributed by atoms with Crippen molar-refractivity contribution in [3.05, 3.63) is 83.2 Å². The van der Waals surface area contributed by atoms with Gasteiger partial charge in [0.15, 0.2) is 24.0 Å². The second-order valence-electron chi connectivity index (χ2n) is 16.7. The highest BCUT2D eigenvalue weighted by molar-refractivity contribution is 6.24. The highest BCUT2D eigenvalue weighted by Crippen LogP contribution is 2.40. The number of benzene rings is 2. The standard InChI is InChI=1S/C46H50F2N10O8/c1-26(2)57-18-19-65-42-31(47)20-29(21-34(42)57)41-32(48)23-52-46(55-41)53-36-10-8-28(22-51-36)27-12-16-56(17-13-27)39(61)24-49-14-3-4-15-50-38(60)25-66-35-7-5-6-30-40(35)45(64)58(44(30)63)33-9-11-37(59)54-43(33)62/h5-8,10,20-23,26-27,33,49H,3-4,9,11-19,24-25H2,1-2H3,(H,50,60)(H,54,59,62)(H,51,52,53,55). The predicted molar refractivity (Wildman–Crippen MR) is 235 cm³/mol. The second-order valence-corrected chi connectivity index (χ2v) is 16.7. The fourth-order valence-corrected chi connectivity index (χ4v) is 8.61. The van der Waals surface area contributed by atoms with E-state index in [1.807, 2.05) is 29.7 Å². The number of hydrogen-bond donors (Lipinski definition) is 4. The van der Waals surface area contributed by atoms with Crippen LogP contribution < -0.4 is 35.6 Å². The zero-order chi connectivity index (χ0) is 46.5. The van der Waals surface area contributed by atoms with Crippen molar-refractivity contribution in [2.75, 3.05) is 62.7 Å². The topological polar surface area (TPSA) is 217 Å². The minimum absolute atomic E-state index is 0.000417. The van der Waals surface area contributed by atoms with E-state index in [-0.39, 0.29) is 77.1 Å². The van der Waals surface area contributed by atoms with Gasteiger partial charge in [-0.25, -0.2) is 23.7 Å². The van der Waals surface area contributed by atoms with Crippen molar-refractivity contribution in [1.29, 1.82) is 0 Å². The largest absolute Gasteiger partial charge is 0.486 e. The Labute approximate surface area is 378 Å². The van der Waals surface area contributed by atoms with Crippen molar-refractivity contribution in [2.45, 2.75) is 70.4 Å². The summed E-state index contributed by atoms with van der Waals surface area (Å²) in [5.74, 6) is -3.33. The van der Waals surface area contributed by atoms with Gasteiger partial charge in [0.2, 0.25) is 23.7 Å². The first-order valence-electron chi connectivity index (χ1n) is 22.1. The maximum atomic E-state index is 15.1. The van der Waals surface area contributed by atoms with Gasteiger partial charge in [-0.05, 0) is 94.3 Å². The van der Waals surface area contributed by atoms with Crippen LogP contribution in [0.2, 0.25) is 0 Å². The van der Waals surface area contributed by atoms with Crippen molar-refractivity contribution in [2.24, 2.45) is 0 Å². The number of unbranched alkanes of at least 4 members (excludes halogenated alkanes) is 1. The molecule has 1 atom stereocenters. The number of ether oxygens (including phenoxy) is 2. The van der Waals surface area contributed by atoms with Crippen LogP contribution in [0.25, 0.3) is 11.3 Å². The van der Waals surface area contributed by atoms with Gasteiger partial charge in [0.1, 0.15) is 29.9 Å². The van der Waals surface area contributed by atoms with Crippen LogP contribution in [-0.2, 0) is 19.2 Å². The maximum Gasteiger partial charge on any atom is 0.266 e. The lowest BCUT2D eigenvalue weighted by atomic mass is 9.90. The fraction of sp³-hybridized carbons (Fsp3) is 0.413. The number of halogens is 2. The summed E-state index contributed by atoms with van der Waals surface area (Å²) >= 11 is 0. The summed E-state index contributed by atoms with van der Waals surface area (Å²) in [6.07, 6.45) is 5.71. The molecule has 2 aromatic carbocycles. The summed E-state index contributed by atoms with van der Waals surface area (Å²) in [5.41, 5.74) is 1.81.